The van der Waals surface area contributed by atoms with Gasteiger partial charge < -0.3 is 4.74 Å². The SMILES string of the molecule is CCCCSC(SCCCC)=C(C#N)C(=O)OCC. The van der Waals surface area contributed by atoms with Crippen molar-refractivity contribution in [2.24, 2.45) is 0 Å². The number of unbranched alkanes of at least 4 members (excludes halogenated alkanes) is 2. The second-order valence-electron chi connectivity index (χ2n) is 3.90. The van der Waals surface area contributed by atoms with Crippen LogP contribution in [-0.2, 0) is 9.53 Å². The van der Waals surface area contributed by atoms with Gasteiger partial charge in [0.05, 0.1) is 10.8 Å². The Morgan fingerprint density at radius 2 is 1.63 bits per heavy atom. The largest absolute Gasteiger partial charge is 0.462 e. The maximum atomic E-state index is 11.8. The number of hydrogen-bond acceptors (Lipinski definition) is 5. The van der Waals surface area contributed by atoms with Crippen molar-refractivity contribution in [1.82, 2.24) is 0 Å². The lowest BCUT2D eigenvalue weighted by Gasteiger charge is -2.09. The van der Waals surface area contributed by atoms with Crippen LogP contribution in [0.25, 0.3) is 0 Å². The fraction of sp³-hybridized carbons (Fsp3) is 0.714. The van der Waals surface area contributed by atoms with Gasteiger partial charge in [-0.1, -0.05) is 26.7 Å². The summed E-state index contributed by atoms with van der Waals surface area (Å²) in [5.41, 5.74) is 0.170. The van der Waals surface area contributed by atoms with E-state index in [2.05, 4.69) is 13.8 Å². The molecular formula is C14H23NO2S2. The Labute approximate surface area is 125 Å². The molecule has 0 aliphatic carbocycles. The first-order valence-corrected chi connectivity index (χ1v) is 8.75. The van der Waals surface area contributed by atoms with Crippen LogP contribution in [0.5, 0.6) is 0 Å². The van der Waals surface area contributed by atoms with Crippen LogP contribution in [0.2, 0.25) is 0 Å². The molecule has 3 nitrogen and oxygen atoms in total. The highest BCUT2D eigenvalue weighted by molar-refractivity contribution is 8.22. The molecular weight excluding hydrogens is 278 g/mol. The Balaban J connectivity index is 4.79. The molecule has 0 bridgehead atoms. The van der Waals surface area contributed by atoms with Crippen molar-refractivity contribution in [3.05, 3.63) is 9.81 Å². The van der Waals surface area contributed by atoms with E-state index >= 15 is 0 Å². The van der Waals surface area contributed by atoms with Gasteiger partial charge in [0.2, 0.25) is 0 Å². The van der Waals surface area contributed by atoms with Crippen molar-refractivity contribution < 1.29 is 9.53 Å². The number of hydrogen-bond donors (Lipinski definition) is 0. The second kappa shape index (κ2) is 12.4. The molecule has 0 fully saturated rings. The lowest BCUT2D eigenvalue weighted by Crippen LogP contribution is -2.08. The number of carbonyl (C=O) groups is 1. The number of carbonyl (C=O) groups excluding carboxylic acids is 1. The van der Waals surface area contributed by atoms with E-state index in [0.29, 0.717) is 6.61 Å². The van der Waals surface area contributed by atoms with Crippen LogP contribution in [0.3, 0.4) is 0 Å². The van der Waals surface area contributed by atoms with Crippen LogP contribution in [0.4, 0.5) is 0 Å². The predicted octanol–water partition coefficient (Wildman–Crippen LogP) is 4.35. The van der Waals surface area contributed by atoms with Crippen LogP contribution < -0.4 is 0 Å². The zero-order chi connectivity index (χ0) is 14.5. The Hall–Kier alpha value is -0.600. The number of nitrogens with zero attached hydrogens (tertiary/aromatic N) is 1. The minimum Gasteiger partial charge on any atom is -0.462 e. The van der Waals surface area contributed by atoms with E-state index in [1.54, 1.807) is 30.4 Å². The summed E-state index contributed by atoms with van der Waals surface area (Å²) in [6, 6.07) is 2.00. The Kier molecular flexibility index (Phi) is 12.0. The Morgan fingerprint density at radius 3 is 2.00 bits per heavy atom. The lowest BCUT2D eigenvalue weighted by atomic mass is 10.3. The fourth-order valence-corrected chi connectivity index (χ4v) is 3.80. The summed E-state index contributed by atoms with van der Waals surface area (Å²) in [5.74, 6) is 1.39. The summed E-state index contributed by atoms with van der Waals surface area (Å²) < 4.78 is 5.76. The van der Waals surface area contributed by atoms with Gasteiger partial charge in [-0.3, -0.25) is 0 Å². The molecule has 0 unspecified atom stereocenters. The fourth-order valence-electron chi connectivity index (χ4n) is 1.18. The molecule has 5 heteroatoms. The number of nitriles is 1. The molecule has 0 saturated carbocycles. The third-order valence-electron chi connectivity index (χ3n) is 2.26. The first-order valence-electron chi connectivity index (χ1n) is 6.78. The molecule has 108 valence electrons. The molecule has 0 saturated heterocycles. The van der Waals surface area contributed by atoms with Crippen LogP contribution in [-0.4, -0.2) is 24.1 Å². The summed E-state index contributed by atoms with van der Waals surface area (Å²) in [6.45, 7) is 6.31. The zero-order valence-electron chi connectivity index (χ0n) is 12.0. The molecule has 19 heavy (non-hydrogen) atoms. The number of ether oxygens (including phenoxy) is 1. The summed E-state index contributed by atoms with van der Waals surface area (Å²) >= 11 is 3.21. The van der Waals surface area contributed by atoms with E-state index in [9.17, 15) is 10.1 Å². The molecule has 0 atom stereocenters. The van der Waals surface area contributed by atoms with E-state index in [1.807, 2.05) is 6.07 Å². The van der Waals surface area contributed by atoms with E-state index in [1.165, 1.54) is 0 Å². The van der Waals surface area contributed by atoms with Gasteiger partial charge in [-0.05, 0) is 31.3 Å². The van der Waals surface area contributed by atoms with E-state index in [4.69, 9.17) is 4.74 Å². The van der Waals surface area contributed by atoms with Gasteiger partial charge in [0, 0.05) is 0 Å². The quantitative estimate of drug-likeness (QED) is 0.260. The van der Waals surface area contributed by atoms with Crippen LogP contribution in [0.15, 0.2) is 9.81 Å². The third-order valence-corrected chi connectivity index (χ3v) is 4.88. The summed E-state index contributed by atoms with van der Waals surface area (Å²) in [6.07, 6.45) is 4.40. The number of esters is 1. The monoisotopic (exact) mass is 301 g/mol. The third kappa shape index (κ3) is 8.22. The van der Waals surface area contributed by atoms with Crippen LogP contribution in [0, 0.1) is 11.3 Å². The molecule has 0 amide bonds. The maximum absolute atomic E-state index is 11.8. The maximum Gasteiger partial charge on any atom is 0.350 e. The highest BCUT2D eigenvalue weighted by atomic mass is 32.2. The van der Waals surface area contributed by atoms with Crippen molar-refractivity contribution >= 4 is 29.5 Å². The number of rotatable bonds is 10. The van der Waals surface area contributed by atoms with Crippen molar-refractivity contribution in [3.63, 3.8) is 0 Å². The average Bonchev–Trinajstić information content (AvgIpc) is 2.40. The Bertz CT molecular complexity index is 323. The van der Waals surface area contributed by atoms with Gasteiger partial charge in [0.1, 0.15) is 6.07 Å². The van der Waals surface area contributed by atoms with Crippen LogP contribution in [0.1, 0.15) is 46.5 Å². The molecule has 0 aromatic rings. The van der Waals surface area contributed by atoms with Crippen LogP contribution >= 0.6 is 23.5 Å². The molecule has 0 heterocycles. The second-order valence-corrected chi connectivity index (χ2v) is 6.37. The van der Waals surface area contributed by atoms with Crippen molar-refractivity contribution in [1.29, 1.82) is 5.26 Å². The molecule has 0 aliphatic rings. The van der Waals surface area contributed by atoms with Gasteiger partial charge in [-0.25, -0.2) is 4.79 Å². The van der Waals surface area contributed by atoms with Crippen molar-refractivity contribution in [3.8, 4) is 6.07 Å². The van der Waals surface area contributed by atoms with E-state index < -0.39 is 5.97 Å². The smallest absolute Gasteiger partial charge is 0.350 e. The first-order chi connectivity index (χ1) is 9.21. The summed E-state index contributed by atoms with van der Waals surface area (Å²) in [5, 5.41) is 9.17. The van der Waals surface area contributed by atoms with E-state index in [0.717, 1.165) is 41.4 Å². The minimum absolute atomic E-state index is 0.170. The van der Waals surface area contributed by atoms with Gasteiger partial charge >= 0.3 is 5.97 Å². The standard InChI is InChI=1S/C14H23NO2S2/c1-4-7-9-18-14(19-10-8-5-2)12(11-15)13(16)17-6-3/h4-10H2,1-3H3. The van der Waals surface area contributed by atoms with Gasteiger partial charge in [0.15, 0.2) is 5.57 Å². The molecule has 0 spiro atoms. The predicted molar refractivity (Wildman–Crippen MR) is 84.0 cm³/mol. The first kappa shape index (κ1) is 18.4. The highest BCUT2D eigenvalue weighted by Crippen LogP contribution is 2.33. The molecule has 0 aromatic carbocycles. The van der Waals surface area contributed by atoms with Gasteiger partial charge in [-0.2, -0.15) is 5.26 Å². The topological polar surface area (TPSA) is 50.1 Å². The number of thioether (sulfide) groups is 2. The zero-order valence-corrected chi connectivity index (χ0v) is 13.7. The molecule has 0 rings (SSSR count). The normalized spacial score (nSPS) is 9.79. The van der Waals surface area contributed by atoms with Crippen molar-refractivity contribution in [2.75, 3.05) is 18.1 Å². The summed E-state index contributed by atoms with van der Waals surface area (Å²) in [4.78, 5) is 11.8. The molecule has 0 N–H and O–H groups in total. The van der Waals surface area contributed by atoms with Gasteiger partial charge in [-0.15, -0.1) is 23.5 Å². The van der Waals surface area contributed by atoms with E-state index in [-0.39, 0.29) is 5.57 Å². The van der Waals surface area contributed by atoms with Crippen molar-refractivity contribution in [2.45, 2.75) is 46.5 Å². The average molecular weight is 301 g/mol. The molecule has 0 radical (unpaired) electrons. The highest BCUT2D eigenvalue weighted by Gasteiger charge is 2.17. The lowest BCUT2D eigenvalue weighted by molar-refractivity contribution is -0.138. The Morgan fingerprint density at radius 1 is 1.11 bits per heavy atom. The molecule has 0 aliphatic heterocycles. The summed E-state index contributed by atoms with van der Waals surface area (Å²) in [7, 11) is 0. The molecule has 0 aromatic heterocycles. The minimum atomic E-state index is -0.493. The van der Waals surface area contributed by atoms with Gasteiger partial charge in [0.25, 0.3) is 0 Å².